The fourth-order valence-corrected chi connectivity index (χ4v) is 8.05. The third kappa shape index (κ3) is 5.58. The van der Waals surface area contributed by atoms with E-state index in [2.05, 4.69) is 10.5 Å². The van der Waals surface area contributed by atoms with Crippen LogP contribution in [0.5, 0.6) is 0 Å². The molecule has 13 heteroatoms. The van der Waals surface area contributed by atoms with Crippen LogP contribution in [0.15, 0.2) is 10.6 Å². The highest BCUT2D eigenvalue weighted by atomic mass is 32.2. The van der Waals surface area contributed by atoms with E-state index in [0.29, 0.717) is 44.7 Å². The summed E-state index contributed by atoms with van der Waals surface area (Å²) in [7, 11) is -2.01. The summed E-state index contributed by atoms with van der Waals surface area (Å²) in [5, 5.41) is 6.91. The number of hydrogen-bond acceptors (Lipinski definition) is 6. The summed E-state index contributed by atoms with van der Waals surface area (Å²) in [6.07, 6.45) is 0.666. The summed E-state index contributed by atoms with van der Waals surface area (Å²) in [6, 6.07) is 1.16. The molecule has 3 atom stereocenters. The molecule has 0 unspecified atom stereocenters. The third-order valence-corrected chi connectivity index (χ3v) is 10.3. The first kappa shape index (κ1) is 25.9. The molecule has 3 saturated heterocycles. The Morgan fingerprint density at radius 2 is 1.78 bits per heavy atom. The SMILES string of the molecule is CN(CCC(F)(F)F)C1CCN(S(=O)(=O)N2[C@@H]3CC[C@H]2C[C@@H](NC(=O)c2cc(C4CC4)on2)C3)CC1. The topological polar surface area (TPSA) is 99.0 Å². The highest BCUT2D eigenvalue weighted by Gasteiger charge is 2.49. The maximum absolute atomic E-state index is 13.5. The van der Waals surface area contributed by atoms with Crippen LogP contribution in [0, 0.1) is 0 Å². The van der Waals surface area contributed by atoms with Gasteiger partial charge >= 0.3 is 6.18 Å². The fourth-order valence-electron chi connectivity index (χ4n) is 5.98. The number of nitrogens with one attached hydrogen (secondary N) is 1. The first-order valence-corrected chi connectivity index (χ1v) is 14.2. The van der Waals surface area contributed by atoms with E-state index in [4.69, 9.17) is 4.52 Å². The normalized spacial score (nSPS) is 28.6. The molecule has 1 N–H and O–H groups in total. The summed E-state index contributed by atoms with van der Waals surface area (Å²) in [6.45, 7) is 0.518. The second-order valence-corrected chi connectivity index (χ2v) is 12.6. The van der Waals surface area contributed by atoms with Gasteiger partial charge in [-0.25, -0.2) is 0 Å². The van der Waals surface area contributed by atoms with Crippen molar-refractivity contribution in [2.45, 2.75) is 94.0 Å². The van der Waals surface area contributed by atoms with Gasteiger partial charge in [-0.15, -0.1) is 0 Å². The molecule has 1 aliphatic carbocycles. The van der Waals surface area contributed by atoms with E-state index in [1.165, 1.54) is 4.31 Å². The minimum atomic E-state index is -4.20. The number of fused-ring (bicyclic) bond motifs is 2. The first-order chi connectivity index (χ1) is 17.0. The number of alkyl halides is 3. The zero-order valence-corrected chi connectivity index (χ0v) is 21.2. The van der Waals surface area contributed by atoms with E-state index in [1.54, 1.807) is 22.3 Å². The van der Waals surface area contributed by atoms with Crippen molar-refractivity contribution < 1.29 is 30.9 Å². The van der Waals surface area contributed by atoms with Crippen LogP contribution in [0.3, 0.4) is 0 Å². The summed E-state index contributed by atoms with van der Waals surface area (Å²) < 4.78 is 73.1. The predicted molar refractivity (Wildman–Crippen MR) is 124 cm³/mol. The largest absolute Gasteiger partial charge is 0.390 e. The van der Waals surface area contributed by atoms with Crippen LogP contribution in [0.2, 0.25) is 0 Å². The third-order valence-electron chi connectivity index (χ3n) is 8.13. The van der Waals surface area contributed by atoms with Gasteiger partial charge in [0, 0.05) is 55.8 Å². The van der Waals surface area contributed by atoms with Gasteiger partial charge in [0.25, 0.3) is 16.1 Å². The summed E-state index contributed by atoms with van der Waals surface area (Å²) >= 11 is 0. The number of hydrogen-bond donors (Lipinski definition) is 1. The number of amides is 1. The van der Waals surface area contributed by atoms with Crippen LogP contribution in [-0.2, 0) is 10.2 Å². The highest BCUT2D eigenvalue weighted by molar-refractivity contribution is 7.86. The minimum absolute atomic E-state index is 0.0616. The predicted octanol–water partition coefficient (Wildman–Crippen LogP) is 2.87. The number of carbonyl (C=O) groups is 1. The van der Waals surface area contributed by atoms with Crippen LogP contribution >= 0.6 is 0 Å². The van der Waals surface area contributed by atoms with Crippen molar-refractivity contribution in [2.75, 3.05) is 26.7 Å². The highest BCUT2D eigenvalue weighted by Crippen LogP contribution is 2.41. The number of carbonyl (C=O) groups excluding carboxylic acids is 1. The van der Waals surface area contributed by atoms with Gasteiger partial charge in [0.1, 0.15) is 5.76 Å². The van der Waals surface area contributed by atoms with Gasteiger partial charge < -0.3 is 14.7 Å². The molecular weight excluding hydrogens is 499 g/mol. The number of halogens is 3. The minimum Gasteiger partial charge on any atom is -0.360 e. The summed E-state index contributed by atoms with van der Waals surface area (Å²) in [4.78, 5) is 14.4. The lowest BCUT2D eigenvalue weighted by molar-refractivity contribution is -0.138. The maximum Gasteiger partial charge on any atom is 0.390 e. The lowest BCUT2D eigenvalue weighted by Gasteiger charge is -2.43. The molecule has 0 radical (unpaired) electrons. The van der Waals surface area contributed by atoms with Crippen molar-refractivity contribution >= 4 is 16.1 Å². The first-order valence-electron chi connectivity index (χ1n) is 12.8. The quantitative estimate of drug-likeness (QED) is 0.552. The lowest BCUT2D eigenvalue weighted by atomic mass is 9.99. The van der Waals surface area contributed by atoms with Gasteiger partial charge in [-0.2, -0.15) is 30.2 Å². The zero-order chi connectivity index (χ0) is 25.7. The fraction of sp³-hybridized carbons (Fsp3) is 0.826. The van der Waals surface area contributed by atoms with E-state index in [9.17, 15) is 26.4 Å². The molecule has 36 heavy (non-hydrogen) atoms. The molecule has 3 aliphatic heterocycles. The second-order valence-electron chi connectivity index (χ2n) is 10.7. The van der Waals surface area contributed by atoms with Crippen molar-refractivity contribution in [3.8, 4) is 0 Å². The molecule has 0 spiro atoms. The Hall–Kier alpha value is -1.70. The molecule has 4 heterocycles. The van der Waals surface area contributed by atoms with Crippen molar-refractivity contribution in [1.82, 2.24) is 24.0 Å². The molecular formula is C23H34F3N5O4S. The lowest BCUT2D eigenvalue weighted by Crippen LogP contribution is -2.57. The van der Waals surface area contributed by atoms with E-state index >= 15 is 0 Å². The van der Waals surface area contributed by atoms with Crippen LogP contribution in [0.1, 0.15) is 80.0 Å². The molecule has 0 aromatic carbocycles. The van der Waals surface area contributed by atoms with Crippen molar-refractivity contribution in [1.29, 1.82) is 0 Å². The van der Waals surface area contributed by atoms with Crippen molar-refractivity contribution in [2.24, 2.45) is 0 Å². The Labute approximate surface area is 209 Å². The second kappa shape index (κ2) is 9.88. The Bertz CT molecular complexity index is 1040. The number of rotatable bonds is 8. The molecule has 4 aliphatic rings. The molecule has 2 bridgehead atoms. The summed E-state index contributed by atoms with van der Waals surface area (Å²) in [5.74, 6) is 0.827. The van der Waals surface area contributed by atoms with E-state index in [0.717, 1.165) is 31.4 Å². The maximum atomic E-state index is 13.5. The van der Waals surface area contributed by atoms with Crippen LogP contribution in [-0.4, -0.2) is 90.0 Å². The average Bonchev–Trinajstić information content (AvgIpc) is 3.48. The molecule has 1 aromatic rings. The average molecular weight is 534 g/mol. The van der Waals surface area contributed by atoms with Gasteiger partial charge in [-0.1, -0.05) is 5.16 Å². The number of nitrogens with zero attached hydrogens (tertiary/aromatic N) is 4. The van der Waals surface area contributed by atoms with E-state index in [1.807, 2.05) is 0 Å². The van der Waals surface area contributed by atoms with Gasteiger partial charge in [0.2, 0.25) is 0 Å². The standard InChI is InChI=1S/C23H34F3N5O4S/c1-29(11-8-23(24,25)26)17-6-9-30(10-7-17)36(33,34)31-18-4-5-19(31)13-16(12-18)27-22(32)20-14-21(35-28-20)15-2-3-15/h14-19H,2-13H2,1H3,(H,27,32)/t16-,18+,19-. The number of aromatic nitrogens is 1. The van der Waals surface area contributed by atoms with Crippen molar-refractivity contribution in [3.63, 3.8) is 0 Å². The Kier molecular flexibility index (Phi) is 7.12. The molecule has 9 nitrogen and oxygen atoms in total. The Balaban J connectivity index is 1.14. The molecule has 1 saturated carbocycles. The summed E-state index contributed by atoms with van der Waals surface area (Å²) in [5.41, 5.74) is 0.266. The molecule has 5 rings (SSSR count). The zero-order valence-electron chi connectivity index (χ0n) is 20.4. The smallest absolute Gasteiger partial charge is 0.360 e. The number of piperidine rings is 2. The van der Waals surface area contributed by atoms with Crippen LogP contribution in [0.4, 0.5) is 13.2 Å². The van der Waals surface area contributed by atoms with Gasteiger partial charge in [-0.05, 0) is 58.4 Å². The van der Waals surface area contributed by atoms with Crippen LogP contribution in [0.25, 0.3) is 0 Å². The molecule has 202 valence electrons. The Morgan fingerprint density at radius 1 is 1.14 bits per heavy atom. The van der Waals surface area contributed by atoms with E-state index < -0.39 is 22.8 Å². The van der Waals surface area contributed by atoms with Gasteiger partial charge in [0.05, 0.1) is 6.42 Å². The van der Waals surface area contributed by atoms with Crippen molar-refractivity contribution in [3.05, 3.63) is 17.5 Å². The van der Waals surface area contributed by atoms with Crippen LogP contribution < -0.4 is 5.32 Å². The van der Waals surface area contributed by atoms with E-state index in [-0.39, 0.29) is 42.3 Å². The van der Waals surface area contributed by atoms with Gasteiger partial charge in [0.15, 0.2) is 5.69 Å². The van der Waals surface area contributed by atoms with Gasteiger partial charge in [-0.3, -0.25) is 4.79 Å². The molecule has 4 fully saturated rings. The molecule has 1 amide bonds. The Morgan fingerprint density at radius 3 is 2.36 bits per heavy atom. The monoisotopic (exact) mass is 533 g/mol. The molecule has 1 aromatic heterocycles.